The number of aliphatic hydroxyl groups excluding tert-OH is 1. The standard InChI is InChI=1S/C21H29NO2/c1-4-14-24-21-11-10-17(2)15-19(21)20(23)12-13-22(3)16-18-8-6-5-7-9-18/h5-11,15,20,23H,4,12-14,16H2,1-3H3. The molecular formula is C21H29NO2. The molecule has 0 aliphatic heterocycles. The van der Waals surface area contributed by atoms with Crippen molar-refractivity contribution >= 4 is 0 Å². The van der Waals surface area contributed by atoms with Crippen molar-refractivity contribution in [2.45, 2.75) is 39.3 Å². The van der Waals surface area contributed by atoms with E-state index in [1.807, 2.05) is 31.2 Å². The Balaban J connectivity index is 1.94. The van der Waals surface area contributed by atoms with Gasteiger partial charge < -0.3 is 14.7 Å². The zero-order valence-corrected chi connectivity index (χ0v) is 15.0. The number of hydrogen-bond acceptors (Lipinski definition) is 3. The van der Waals surface area contributed by atoms with Crippen LogP contribution >= 0.6 is 0 Å². The van der Waals surface area contributed by atoms with E-state index >= 15 is 0 Å². The van der Waals surface area contributed by atoms with Crippen LogP contribution in [0.15, 0.2) is 48.5 Å². The number of benzene rings is 2. The van der Waals surface area contributed by atoms with E-state index in [1.54, 1.807) is 0 Å². The van der Waals surface area contributed by atoms with Crippen molar-refractivity contribution in [3.8, 4) is 5.75 Å². The third-order valence-electron chi connectivity index (χ3n) is 4.07. The molecule has 1 N–H and O–H groups in total. The molecule has 1 unspecified atom stereocenters. The maximum absolute atomic E-state index is 10.6. The molecule has 0 saturated heterocycles. The zero-order chi connectivity index (χ0) is 17.4. The smallest absolute Gasteiger partial charge is 0.125 e. The first-order valence-electron chi connectivity index (χ1n) is 8.74. The summed E-state index contributed by atoms with van der Waals surface area (Å²) in [6.45, 7) is 6.53. The third-order valence-corrected chi connectivity index (χ3v) is 4.07. The van der Waals surface area contributed by atoms with Crippen LogP contribution in [0.2, 0.25) is 0 Å². The summed E-state index contributed by atoms with van der Waals surface area (Å²) >= 11 is 0. The molecular weight excluding hydrogens is 298 g/mol. The lowest BCUT2D eigenvalue weighted by atomic mass is 10.0. The fourth-order valence-electron chi connectivity index (χ4n) is 2.74. The van der Waals surface area contributed by atoms with Crippen LogP contribution < -0.4 is 4.74 Å². The van der Waals surface area contributed by atoms with Crippen molar-refractivity contribution in [3.63, 3.8) is 0 Å². The average molecular weight is 327 g/mol. The van der Waals surface area contributed by atoms with E-state index in [2.05, 4.69) is 43.1 Å². The van der Waals surface area contributed by atoms with Gasteiger partial charge in [0.2, 0.25) is 0 Å². The van der Waals surface area contributed by atoms with Crippen molar-refractivity contribution in [3.05, 3.63) is 65.2 Å². The Kier molecular flexibility index (Phi) is 7.29. The van der Waals surface area contributed by atoms with E-state index in [1.165, 1.54) is 5.56 Å². The van der Waals surface area contributed by atoms with Crippen LogP contribution in [0.1, 0.15) is 42.6 Å². The molecule has 0 aliphatic rings. The van der Waals surface area contributed by atoms with Gasteiger partial charge in [0, 0.05) is 18.7 Å². The SMILES string of the molecule is CCCOc1ccc(C)cc1C(O)CCN(C)Cc1ccccc1. The van der Waals surface area contributed by atoms with Crippen LogP contribution in [0.3, 0.4) is 0 Å². The highest BCUT2D eigenvalue weighted by atomic mass is 16.5. The van der Waals surface area contributed by atoms with Crippen LogP contribution in [-0.4, -0.2) is 30.2 Å². The minimum absolute atomic E-state index is 0.505. The minimum Gasteiger partial charge on any atom is -0.493 e. The van der Waals surface area contributed by atoms with Crippen molar-refractivity contribution in [1.29, 1.82) is 0 Å². The Morgan fingerprint density at radius 2 is 1.88 bits per heavy atom. The van der Waals surface area contributed by atoms with Gasteiger partial charge in [0.05, 0.1) is 12.7 Å². The number of aliphatic hydroxyl groups is 1. The van der Waals surface area contributed by atoms with Gasteiger partial charge in [-0.15, -0.1) is 0 Å². The predicted molar refractivity (Wildman–Crippen MR) is 99.3 cm³/mol. The lowest BCUT2D eigenvalue weighted by molar-refractivity contribution is 0.143. The highest BCUT2D eigenvalue weighted by Crippen LogP contribution is 2.29. The molecule has 130 valence electrons. The Labute approximate surface area is 145 Å². The molecule has 2 rings (SSSR count). The van der Waals surface area contributed by atoms with Crippen molar-refractivity contribution < 1.29 is 9.84 Å². The molecule has 0 spiro atoms. The molecule has 0 radical (unpaired) electrons. The second kappa shape index (κ2) is 9.45. The van der Waals surface area contributed by atoms with Gasteiger partial charge in [-0.3, -0.25) is 0 Å². The first-order valence-corrected chi connectivity index (χ1v) is 8.74. The molecule has 24 heavy (non-hydrogen) atoms. The summed E-state index contributed by atoms with van der Waals surface area (Å²) in [7, 11) is 2.09. The second-order valence-corrected chi connectivity index (χ2v) is 6.42. The molecule has 0 fully saturated rings. The largest absolute Gasteiger partial charge is 0.493 e. The van der Waals surface area contributed by atoms with Gasteiger partial charge in [-0.05, 0) is 44.5 Å². The highest BCUT2D eigenvalue weighted by molar-refractivity contribution is 5.38. The van der Waals surface area contributed by atoms with Crippen molar-refractivity contribution in [2.24, 2.45) is 0 Å². The monoisotopic (exact) mass is 327 g/mol. The molecule has 0 aliphatic carbocycles. The molecule has 1 atom stereocenters. The zero-order valence-electron chi connectivity index (χ0n) is 15.0. The van der Waals surface area contributed by atoms with Gasteiger partial charge >= 0.3 is 0 Å². The number of nitrogens with zero attached hydrogens (tertiary/aromatic N) is 1. The molecule has 0 heterocycles. The quantitative estimate of drug-likeness (QED) is 0.743. The highest BCUT2D eigenvalue weighted by Gasteiger charge is 2.15. The van der Waals surface area contributed by atoms with Crippen LogP contribution in [0.25, 0.3) is 0 Å². The van der Waals surface area contributed by atoms with Gasteiger partial charge in [-0.1, -0.05) is 48.9 Å². The van der Waals surface area contributed by atoms with Crippen LogP contribution in [0.4, 0.5) is 0 Å². The molecule has 0 saturated carbocycles. The van der Waals surface area contributed by atoms with E-state index in [9.17, 15) is 5.11 Å². The first kappa shape index (κ1) is 18.5. The van der Waals surface area contributed by atoms with E-state index < -0.39 is 6.10 Å². The summed E-state index contributed by atoms with van der Waals surface area (Å²) in [5.74, 6) is 0.806. The molecule has 2 aromatic carbocycles. The summed E-state index contributed by atoms with van der Waals surface area (Å²) < 4.78 is 5.79. The molecule has 3 heteroatoms. The number of hydrogen-bond donors (Lipinski definition) is 1. The lowest BCUT2D eigenvalue weighted by Gasteiger charge is -2.21. The van der Waals surface area contributed by atoms with E-state index in [-0.39, 0.29) is 0 Å². The van der Waals surface area contributed by atoms with E-state index in [0.717, 1.165) is 36.4 Å². The van der Waals surface area contributed by atoms with Gasteiger partial charge in [0.1, 0.15) is 5.75 Å². The van der Waals surface area contributed by atoms with Gasteiger partial charge in [-0.2, -0.15) is 0 Å². The average Bonchev–Trinajstić information content (AvgIpc) is 2.59. The molecule has 3 nitrogen and oxygen atoms in total. The van der Waals surface area contributed by atoms with E-state index in [4.69, 9.17) is 4.74 Å². The summed E-state index contributed by atoms with van der Waals surface area (Å²) in [5, 5.41) is 10.6. The summed E-state index contributed by atoms with van der Waals surface area (Å²) in [6.07, 6.45) is 1.15. The van der Waals surface area contributed by atoms with Crippen molar-refractivity contribution in [2.75, 3.05) is 20.2 Å². The van der Waals surface area contributed by atoms with Gasteiger partial charge in [0.15, 0.2) is 0 Å². The molecule has 2 aromatic rings. The van der Waals surface area contributed by atoms with Gasteiger partial charge in [0.25, 0.3) is 0 Å². The van der Waals surface area contributed by atoms with Crippen LogP contribution in [0.5, 0.6) is 5.75 Å². The minimum atomic E-state index is -0.505. The number of ether oxygens (including phenoxy) is 1. The van der Waals surface area contributed by atoms with E-state index in [0.29, 0.717) is 13.0 Å². The maximum atomic E-state index is 10.6. The number of rotatable bonds is 9. The fraction of sp³-hybridized carbons (Fsp3) is 0.429. The fourth-order valence-corrected chi connectivity index (χ4v) is 2.74. The second-order valence-electron chi connectivity index (χ2n) is 6.42. The first-order chi connectivity index (χ1) is 11.6. The Bertz CT molecular complexity index is 612. The summed E-state index contributed by atoms with van der Waals surface area (Å²) in [5.41, 5.74) is 3.33. The Morgan fingerprint density at radius 1 is 1.12 bits per heavy atom. The molecule has 0 bridgehead atoms. The normalized spacial score (nSPS) is 12.4. The van der Waals surface area contributed by atoms with Gasteiger partial charge in [-0.25, -0.2) is 0 Å². The summed E-state index contributed by atoms with van der Waals surface area (Å²) in [4.78, 5) is 2.24. The Morgan fingerprint density at radius 3 is 2.58 bits per heavy atom. The summed E-state index contributed by atoms with van der Waals surface area (Å²) in [6, 6.07) is 16.4. The molecule has 0 aromatic heterocycles. The molecule has 0 amide bonds. The third kappa shape index (κ3) is 5.66. The van der Waals surface area contributed by atoms with Crippen LogP contribution in [-0.2, 0) is 6.54 Å². The lowest BCUT2D eigenvalue weighted by Crippen LogP contribution is -2.21. The topological polar surface area (TPSA) is 32.7 Å². The maximum Gasteiger partial charge on any atom is 0.125 e. The van der Waals surface area contributed by atoms with Crippen molar-refractivity contribution in [1.82, 2.24) is 4.90 Å². The number of aryl methyl sites for hydroxylation is 1. The Hall–Kier alpha value is -1.84. The predicted octanol–water partition coefficient (Wildman–Crippen LogP) is 4.34. The van der Waals surface area contributed by atoms with Crippen LogP contribution in [0, 0.1) is 6.92 Å².